The van der Waals surface area contributed by atoms with Gasteiger partial charge in [0.15, 0.2) is 0 Å². The molecule has 1 fully saturated rings. The molecule has 1 aromatic rings. The number of hydrazine groups is 1. The van der Waals surface area contributed by atoms with Crippen molar-refractivity contribution in [2.75, 3.05) is 11.6 Å². The molecule has 3 nitrogen and oxygen atoms in total. The van der Waals surface area contributed by atoms with E-state index in [0.29, 0.717) is 18.7 Å². The molecule has 0 unspecified atom stereocenters. The Morgan fingerprint density at radius 1 is 1.50 bits per heavy atom. The maximum atomic E-state index is 12.8. The largest absolute Gasteiger partial charge is 0.285 e. The van der Waals surface area contributed by atoms with Crippen LogP contribution in [0.3, 0.4) is 0 Å². The van der Waals surface area contributed by atoms with Crippen molar-refractivity contribution in [2.45, 2.75) is 6.42 Å². The monoisotopic (exact) mass is 214 g/mol. The van der Waals surface area contributed by atoms with Gasteiger partial charge >= 0.3 is 0 Å². The summed E-state index contributed by atoms with van der Waals surface area (Å²) in [6.07, 6.45) is 0.453. The molecular formula is C9H8ClFN2O. The molecule has 1 saturated heterocycles. The number of carbonyl (C=O) groups excluding carboxylic acids is 1. The van der Waals surface area contributed by atoms with Crippen molar-refractivity contribution >= 4 is 23.2 Å². The molecule has 1 heterocycles. The fourth-order valence-corrected chi connectivity index (χ4v) is 1.50. The molecule has 1 aromatic carbocycles. The lowest BCUT2D eigenvalue weighted by Gasteiger charge is -2.17. The van der Waals surface area contributed by atoms with Crippen LogP contribution < -0.4 is 10.4 Å². The van der Waals surface area contributed by atoms with Crippen LogP contribution >= 0.6 is 11.6 Å². The van der Waals surface area contributed by atoms with Gasteiger partial charge < -0.3 is 0 Å². The first kappa shape index (κ1) is 9.27. The quantitative estimate of drug-likeness (QED) is 0.772. The molecule has 1 amide bonds. The minimum Gasteiger partial charge on any atom is -0.285 e. The van der Waals surface area contributed by atoms with Gasteiger partial charge in [0.25, 0.3) is 0 Å². The Morgan fingerprint density at radius 2 is 2.29 bits per heavy atom. The van der Waals surface area contributed by atoms with Crippen LogP contribution in [0.25, 0.3) is 0 Å². The molecule has 5 heteroatoms. The first-order valence-electron chi connectivity index (χ1n) is 4.19. The minimum atomic E-state index is -0.457. The van der Waals surface area contributed by atoms with Crippen LogP contribution in [-0.2, 0) is 4.79 Å². The average molecular weight is 215 g/mol. The van der Waals surface area contributed by atoms with E-state index >= 15 is 0 Å². The normalized spacial score (nSPS) is 15.9. The Kier molecular flexibility index (Phi) is 2.29. The van der Waals surface area contributed by atoms with Crippen LogP contribution in [0.15, 0.2) is 18.2 Å². The Labute approximate surface area is 85.4 Å². The van der Waals surface area contributed by atoms with Gasteiger partial charge in [-0.15, -0.1) is 0 Å². The second-order valence-electron chi connectivity index (χ2n) is 3.04. The molecule has 1 aliphatic rings. The SMILES string of the molecule is O=C1CCN(c2ccc(F)c(Cl)c2)N1. The number of anilines is 1. The molecule has 0 bridgehead atoms. The number of rotatable bonds is 1. The summed E-state index contributed by atoms with van der Waals surface area (Å²) in [5.74, 6) is -0.494. The van der Waals surface area contributed by atoms with Gasteiger partial charge in [0.05, 0.1) is 10.7 Å². The maximum absolute atomic E-state index is 12.8. The van der Waals surface area contributed by atoms with Crippen LogP contribution in [0.2, 0.25) is 5.02 Å². The highest BCUT2D eigenvalue weighted by molar-refractivity contribution is 6.31. The highest BCUT2D eigenvalue weighted by Gasteiger charge is 2.18. The molecule has 0 spiro atoms. The van der Waals surface area contributed by atoms with E-state index in [2.05, 4.69) is 5.43 Å². The second kappa shape index (κ2) is 3.46. The molecule has 1 aliphatic heterocycles. The predicted octanol–water partition coefficient (Wildman–Crippen LogP) is 1.72. The summed E-state index contributed by atoms with van der Waals surface area (Å²) in [6.45, 7) is 0.584. The van der Waals surface area contributed by atoms with Gasteiger partial charge in [-0.25, -0.2) is 4.39 Å². The molecule has 0 radical (unpaired) electrons. The Morgan fingerprint density at radius 3 is 2.86 bits per heavy atom. The van der Waals surface area contributed by atoms with Gasteiger partial charge in [-0.2, -0.15) is 0 Å². The first-order valence-corrected chi connectivity index (χ1v) is 4.57. The third kappa shape index (κ3) is 1.65. The molecule has 0 atom stereocenters. The summed E-state index contributed by atoms with van der Waals surface area (Å²) in [4.78, 5) is 10.9. The summed E-state index contributed by atoms with van der Waals surface area (Å²) in [5.41, 5.74) is 3.33. The van der Waals surface area contributed by atoms with Crippen molar-refractivity contribution < 1.29 is 9.18 Å². The molecule has 2 rings (SSSR count). The lowest BCUT2D eigenvalue weighted by molar-refractivity contribution is -0.119. The third-order valence-electron chi connectivity index (χ3n) is 2.04. The highest BCUT2D eigenvalue weighted by atomic mass is 35.5. The van der Waals surface area contributed by atoms with Crippen molar-refractivity contribution in [3.8, 4) is 0 Å². The van der Waals surface area contributed by atoms with Gasteiger partial charge in [0.1, 0.15) is 5.82 Å². The number of hydrogen-bond donors (Lipinski definition) is 1. The maximum Gasteiger partial charge on any atom is 0.240 e. The zero-order chi connectivity index (χ0) is 10.1. The summed E-state index contributed by atoms with van der Waals surface area (Å²) in [6, 6.07) is 4.34. The standard InChI is InChI=1S/C9H8ClFN2O/c10-7-5-6(1-2-8(7)11)13-4-3-9(14)12-13/h1-2,5H,3-4H2,(H,12,14). The van der Waals surface area contributed by atoms with Crippen LogP contribution in [0.5, 0.6) is 0 Å². The van der Waals surface area contributed by atoms with Gasteiger partial charge in [-0.1, -0.05) is 11.6 Å². The van der Waals surface area contributed by atoms with Crippen LogP contribution in [0.4, 0.5) is 10.1 Å². The molecule has 1 N–H and O–H groups in total. The van der Waals surface area contributed by atoms with E-state index in [4.69, 9.17) is 11.6 Å². The topological polar surface area (TPSA) is 32.3 Å². The Bertz CT molecular complexity index is 383. The number of nitrogens with zero attached hydrogens (tertiary/aromatic N) is 1. The minimum absolute atomic E-state index is 0.0366. The van der Waals surface area contributed by atoms with Crippen molar-refractivity contribution in [3.63, 3.8) is 0 Å². The van der Waals surface area contributed by atoms with E-state index in [-0.39, 0.29) is 10.9 Å². The number of amides is 1. The van der Waals surface area contributed by atoms with Gasteiger partial charge in [-0.3, -0.25) is 15.2 Å². The lowest BCUT2D eigenvalue weighted by Crippen LogP contribution is -2.32. The van der Waals surface area contributed by atoms with Gasteiger partial charge in [0.2, 0.25) is 5.91 Å². The van der Waals surface area contributed by atoms with Crippen LogP contribution in [0, 0.1) is 5.82 Å². The highest BCUT2D eigenvalue weighted by Crippen LogP contribution is 2.22. The number of nitrogens with one attached hydrogen (secondary N) is 1. The van der Waals surface area contributed by atoms with E-state index in [9.17, 15) is 9.18 Å². The molecule has 0 saturated carbocycles. The van der Waals surface area contributed by atoms with Crippen molar-refractivity contribution in [3.05, 3.63) is 29.0 Å². The van der Waals surface area contributed by atoms with E-state index in [1.54, 1.807) is 11.1 Å². The Balaban J connectivity index is 2.24. The third-order valence-corrected chi connectivity index (χ3v) is 2.33. The van der Waals surface area contributed by atoms with Crippen LogP contribution in [-0.4, -0.2) is 12.5 Å². The van der Waals surface area contributed by atoms with E-state index in [0.717, 1.165) is 0 Å². The molecular weight excluding hydrogens is 207 g/mol. The fraction of sp³-hybridized carbons (Fsp3) is 0.222. The number of hydrogen-bond acceptors (Lipinski definition) is 2. The van der Waals surface area contributed by atoms with Crippen LogP contribution in [0.1, 0.15) is 6.42 Å². The summed E-state index contributed by atoms with van der Waals surface area (Å²) >= 11 is 5.61. The zero-order valence-corrected chi connectivity index (χ0v) is 8.01. The molecule has 0 aliphatic carbocycles. The number of carbonyl (C=O) groups is 1. The fourth-order valence-electron chi connectivity index (χ4n) is 1.32. The number of halogens is 2. The van der Waals surface area contributed by atoms with Crippen molar-refractivity contribution in [1.29, 1.82) is 0 Å². The van der Waals surface area contributed by atoms with E-state index < -0.39 is 5.82 Å². The van der Waals surface area contributed by atoms with Gasteiger partial charge in [0, 0.05) is 13.0 Å². The lowest BCUT2D eigenvalue weighted by atomic mass is 10.3. The average Bonchev–Trinajstić information content (AvgIpc) is 2.57. The Hall–Kier alpha value is -1.29. The zero-order valence-electron chi connectivity index (χ0n) is 7.26. The predicted molar refractivity (Wildman–Crippen MR) is 51.5 cm³/mol. The summed E-state index contributed by atoms with van der Waals surface area (Å²) < 4.78 is 12.8. The summed E-state index contributed by atoms with van der Waals surface area (Å²) in [7, 11) is 0. The molecule has 14 heavy (non-hydrogen) atoms. The molecule has 74 valence electrons. The smallest absolute Gasteiger partial charge is 0.240 e. The van der Waals surface area contributed by atoms with Crippen molar-refractivity contribution in [2.24, 2.45) is 0 Å². The van der Waals surface area contributed by atoms with Crippen molar-refractivity contribution in [1.82, 2.24) is 5.43 Å². The second-order valence-corrected chi connectivity index (χ2v) is 3.44. The first-order chi connectivity index (χ1) is 6.66. The summed E-state index contributed by atoms with van der Waals surface area (Å²) in [5, 5.41) is 1.71. The van der Waals surface area contributed by atoms with E-state index in [1.807, 2.05) is 0 Å². The van der Waals surface area contributed by atoms with E-state index in [1.165, 1.54) is 12.1 Å². The van der Waals surface area contributed by atoms with Gasteiger partial charge in [-0.05, 0) is 18.2 Å². The number of benzene rings is 1. The molecule has 0 aromatic heterocycles.